The predicted molar refractivity (Wildman–Crippen MR) is 102 cm³/mol. The Labute approximate surface area is 157 Å². The quantitative estimate of drug-likeness (QED) is 0.672. The van der Waals surface area contributed by atoms with Crippen molar-refractivity contribution in [1.29, 1.82) is 0 Å². The lowest BCUT2D eigenvalue weighted by atomic mass is 10.0. The number of fused-ring (bicyclic) bond motifs is 2. The van der Waals surface area contributed by atoms with Gasteiger partial charge in [-0.15, -0.1) is 5.10 Å². The molecular formula is C19H22N4O3S. The Morgan fingerprint density at radius 1 is 1.11 bits per heavy atom. The number of pyridine rings is 1. The number of rotatable bonds is 5. The average Bonchev–Trinajstić information content (AvgIpc) is 3.01. The molecule has 0 saturated carbocycles. The molecule has 0 saturated heterocycles. The summed E-state index contributed by atoms with van der Waals surface area (Å²) in [4.78, 5) is 12.6. The van der Waals surface area contributed by atoms with E-state index < -0.39 is 10.0 Å². The SMILES string of the molecule is CCCCn1nc2c(S(=O)(=O)N3CCc4ccccc4C3)cccn2c1=O. The van der Waals surface area contributed by atoms with E-state index in [4.69, 9.17) is 0 Å². The number of sulfonamides is 1. The second-order valence-corrected chi connectivity index (χ2v) is 8.69. The monoisotopic (exact) mass is 386 g/mol. The molecule has 0 fully saturated rings. The van der Waals surface area contributed by atoms with Crippen LogP contribution in [0.1, 0.15) is 30.9 Å². The zero-order valence-corrected chi connectivity index (χ0v) is 16.0. The first-order valence-corrected chi connectivity index (χ1v) is 10.6. The van der Waals surface area contributed by atoms with Gasteiger partial charge in [0.2, 0.25) is 10.0 Å². The second-order valence-electron chi connectivity index (χ2n) is 6.78. The van der Waals surface area contributed by atoms with Crippen LogP contribution in [0.3, 0.4) is 0 Å². The molecule has 0 atom stereocenters. The fourth-order valence-electron chi connectivity index (χ4n) is 3.48. The normalized spacial score (nSPS) is 15.1. The number of aromatic nitrogens is 3. The number of hydrogen-bond acceptors (Lipinski definition) is 4. The Balaban J connectivity index is 1.76. The van der Waals surface area contributed by atoms with Gasteiger partial charge in [0.25, 0.3) is 0 Å². The standard InChI is InChI=1S/C19H22N4O3S/c1-2-3-12-23-19(24)22-11-6-9-17(18(22)20-23)27(25,26)21-13-10-15-7-4-5-8-16(15)14-21/h4-9,11H,2-3,10,12-14H2,1H3. The van der Waals surface area contributed by atoms with Crippen LogP contribution in [0.15, 0.2) is 52.3 Å². The Morgan fingerprint density at radius 2 is 1.89 bits per heavy atom. The lowest BCUT2D eigenvalue weighted by molar-refractivity contribution is 0.391. The third kappa shape index (κ3) is 3.08. The predicted octanol–water partition coefficient (Wildman–Crippen LogP) is 2.04. The van der Waals surface area contributed by atoms with Crippen molar-refractivity contribution in [3.05, 3.63) is 64.2 Å². The highest BCUT2D eigenvalue weighted by Crippen LogP contribution is 2.26. The van der Waals surface area contributed by atoms with Gasteiger partial charge in [-0.2, -0.15) is 4.31 Å². The van der Waals surface area contributed by atoms with Crippen molar-refractivity contribution in [3.63, 3.8) is 0 Å². The van der Waals surface area contributed by atoms with E-state index in [1.807, 2.05) is 31.2 Å². The van der Waals surface area contributed by atoms with Gasteiger partial charge in [0.1, 0.15) is 4.90 Å². The minimum atomic E-state index is -3.76. The summed E-state index contributed by atoms with van der Waals surface area (Å²) in [7, 11) is -3.76. The Hall–Kier alpha value is -2.45. The summed E-state index contributed by atoms with van der Waals surface area (Å²) < 4.78 is 30.8. The molecule has 0 N–H and O–H groups in total. The van der Waals surface area contributed by atoms with Gasteiger partial charge >= 0.3 is 5.69 Å². The molecule has 142 valence electrons. The molecule has 2 aromatic heterocycles. The molecule has 1 aromatic carbocycles. The largest absolute Gasteiger partial charge is 0.350 e. The van der Waals surface area contributed by atoms with Crippen molar-refractivity contribution in [2.45, 2.75) is 44.2 Å². The van der Waals surface area contributed by atoms with Crippen molar-refractivity contribution in [2.75, 3.05) is 6.54 Å². The highest BCUT2D eigenvalue weighted by molar-refractivity contribution is 7.89. The highest BCUT2D eigenvalue weighted by atomic mass is 32.2. The molecule has 0 amide bonds. The first-order valence-electron chi connectivity index (χ1n) is 9.17. The second kappa shape index (κ2) is 6.94. The van der Waals surface area contributed by atoms with E-state index in [0.717, 1.165) is 18.4 Å². The van der Waals surface area contributed by atoms with Crippen molar-refractivity contribution >= 4 is 15.7 Å². The third-order valence-corrected chi connectivity index (χ3v) is 6.88. The Kier molecular flexibility index (Phi) is 4.61. The van der Waals surface area contributed by atoms with Crippen LogP contribution in [0, 0.1) is 0 Å². The van der Waals surface area contributed by atoms with Crippen molar-refractivity contribution in [2.24, 2.45) is 0 Å². The van der Waals surface area contributed by atoms with Gasteiger partial charge < -0.3 is 0 Å². The Bertz CT molecular complexity index is 1150. The molecule has 0 bridgehead atoms. The first-order chi connectivity index (χ1) is 13.0. The number of benzene rings is 1. The van der Waals surface area contributed by atoms with E-state index in [2.05, 4.69) is 5.10 Å². The fraction of sp³-hybridized carbons (Fsp3) is 0.368. The van der Waals surface area contributed by atoms with Gasteiger partial charge in [0, 0.05) is 25.8 Å². The number of aryl methyl sites for hydroxylation is 1. The molecule has 3 heterocycles. The van der Waals surface area contributed by atoms with Crippen molar-refractivity contribution in [3.8, 4) is 0 Å². The van der Waals surface area contributed by atoms with E-state index in [9.17, 15) is 13.2 Å². The van der Waals surface area contributed by atoms with Crippen LogP contribution in [0.5, 0.6) is 0 Å². The van der Waals surface area contributed by atoms with Gasteiger partial charge in [-0.05, 0) is 36.1 Å². The maximum Gasteiger partial charge on any atom is 0.350 e. The molecule has 8 heteroatoms. The smallest absolute Gasteiger partial charge is 0.249 e. The maximum atomic E-state index is 13.3. The summed E-state index contributed by atoms with van der Waals surface area (Å²) in [6.45, 7) is 3.26. The summed E-state index contributed by atoms with van der Waals surface area (Å²) in [5.41, 5.74) is 2.09. The average molecular weight is 386 g/mol. The van der Waals surface area contributed by atoms with Gasteiger partial charge in [-0.1, -0.05) is 37.6 Å². The zero-order chi connectivity index (χ0) is 19.0. The summed E-state index contributed by atoms with van der Waals surface area (Å²) in [6.07, 6.45) is 3.99. The lowest BCUT2D eigenvalue weighted by Crippen LogP contribution is -2.36. The van der Waals surface area contributed by atoms with E-state index in [0.29, 0.717) is 26.1 Å². The van der Waals surface area contributed by atoms with Crippen LogP contribution in [0.25, 0.3) is 5.65 Å². The number of nitrogens with zero attached hydrogens (tertiary/aromatic N) is 4. The lowest BCUT2D eigenvalue weighted by Gasteiger charge is -2.28. The third-order valence-electron chi connectivity index (χ3n) is 5.01. The van der Waals surface area contributed by atoms with Crippen LogP contribution >= 0.6 is 0 Å². The van der Waals surface area contributed by atoms with Gasteiger partial charge in [0.05, 0.1) is 0 Å². The van der Waals surface area contributed by atoms with E-state index in [-0.39, 0.29) is 16.2 Å². The van der Waals surface area contributed by atoms with E-state index >= 15 is 0 Å². The summed E-state index contributed by atoms with van der Waals surface area (Å²) >= 11 is 0. The molecule has 3 aromatic rings. The number of hydrogen-bond donors (Lipinski definition) is 0. The van der Waals surface area contributed by atoms with Crippen LogP contribution in [-0.4, -0.2) is 33.4 Å². The fourth-order valence-corrected chi connectivity index (χ4v) is 5.02. The minimum Gasteiger partial charge on any atom is -0.249 e. The Morgan fingerprint density at radius 3 is 2.67 bits per heavy atom. The molecular weight excluding hydrogens is 364 g/mol. The molecule has 1 aliphatic rings. The maximum absolute atomic E-state index is 13.3. The zero-order valence-electron chi connectivity index (χ0n) is 15.2. The molecule has 27 heavy (non-hydrogen) atoms. The van der Waals surface area contributed by atoms with Crippen LogP contribution < -0.4 is 5.69 Å². The van der Waals surface area contributed by atoms with Crippen LogP contribution in [-0.2, 0) is 29.5 Å². The van der Waals surface area contributed by atoms with Crippen LogP contribution in [0.2, 0.25) is 0 Å². The molecule has 7 nitrogen and oxygen atoms in total. The van der Waals surface area contributed by atoms with Gasteiger partial charge in [-0.3, -0.25) is 0 Å². The van der Waals surface area contributed by atoms with Crippen molar-refractivity contribution < 1.29 is 8.42 Å². The highest BCUT2D eigenvalue weighted by Gasteiger charge is 2.31. The van der Waals surface area contributed by atoms with Gasteiger partial charge in [-0.25, -0.2) is 22.3 Å². The summed E-state index contributed by atoms with van der Waals surface area (Å²) in [5.74, 6) is 0. The molecule has 0 radical (unpaired) electrons. The summed E-state index contributed by atoms with van der Waals surface area (Å²) in [5, 5.41) is 4.32. The van der Waals surface area contributed by atoms with E-state index in [1.165, 1.54) is 25.0 Å². The van der Waals surface area contributed by atoms with Crippen LogP contribution in [0.4, 0.5) is 0 Å². The topological polar surface area (TPSA) is 76.7 Å². The minimum absolute atomic E-state index is 0.0803. The number of unbranched alkanes of at least 4 members (excludes halogenated alkanes) is 1. The molecule has 0 spiro atoms. The van der Waals surface area contributed by atoms with Crippen molar-refractivity contribution in [1.82, 2.24) is 18.5 Å². The molecule has 0 unspecified atom stereocenters. The molecule has 4 rings (SSSR count). The van der Waals surface area contributed by atoms with E-state index in [1.54, 1.807) is 12.3 Å². The van der Waals surface area contributed by atoms with Gasteiger partial charge in [0.15, 0.2) is 5.65 Å². The summed E-state index contributed by atoms with van der Waals surface area (Å²) in [6, 6.07) is 11.0. The molecule has 1 aliphatic heterocycles. The molecule has 0 aliphatic carbocycles. The first kappa shape index (κ1) is 17.9.